The Bertz CT molecular complexity index is 1420. The highest BCUT2D eigenvalue weighted by atomic mass is 32.2. The van der Waals surface area contributed by atoms with Gasteiger partial charge in [-0.15, -0.1) is 23.1 Å². The van der Waals surface area contributed by atoms with Crippen LogP contribution >= 0.6 is 23.1 Å². The number of carbonyl (C=O) groups excluding carboxylic acids is 3. The molecule has 0 spiro atoms. The lowest BCUT2D eigenvalue weighted by atomic mass is 10.0. The molecule has 0 radical (unpaired) electrons. The quantitative estimate of drug-likeness (QED) is 0.176. The van der Waals surface area contributed by atoms with Gasteiger partial charge in [-0.2, -0.15) is 5.26 Å². The van der Waals surface area contributed by atoms with Crippen LogP contribution in [0.15, 0.2) is 53.4 Å². The van der Waals surface area contributed by atoms with Gasteiger partial charge in [0.15, 0.2) is 5.92 Å². The van der Waals surface area contributed by atoms with Crippen LogP contribution in [0.3, 0.4) is 0 Å². The van der Waals surface area contributed by atoms with Crippen molar-refractivity contribution in [2.45, 2.75) is 56.3 Å². The molecule has 2 atom stereocenters. The summed E-state index contributed by atoms with van der Waals surface area (Å²) in [6.45, 7) is 8.66. The lowest BCUT2D eigenvalue weighted by Gasteiger charge is -2.24. The highest BCUT2D eigenvalue weighted by Gasteiger charge is 2.32. The number of likely N-dealkylation sites (tertiary alicyclic amines) is 1. The van der Waals surface area contributed by atoms with E-state index in [2.05, 4.69) is 6.07 Å². The molecule has 1 aliphatic rings. The molecule has 1 unspecified atom stereocenters. The van der Waals surface area contributed by atoms with Crippen LogP contribution in [0.2, 0.25) is 0 Å². The van der Waals surface area contributed by atoms with Gasteiger partial charge in [-0.3, -0.25) is 9.59 Å². The van der Waals surface area contributed by atoms with Gasteiger partial charge in [-0.05, 0) is 88.0 Å². The first-order chi connectivity index (χ1) is 19.0. The molecule has 40 heavy (non-hydrogen) atoms. The number of thioether (sulfide) groups is 1. The van der Waals surface area contributed by atoms with Crippen molar-refractivity contribution >= 4 is 51.2 Å². The summed E-state index contributed by atoms with van der Waals surface area (Å²) in [6, 6.07) is 16.5. The molecule has 1 aliphatic heterocycles. The van der Waals surface area contributed by atoms with Crippen LogP contribution in [0.1, 0.15) is 44.6 Å². The molecular weight excluding hydrogens is 548 g/mol. The van der Waals surface area contributed by atoms with Crippen LogP contribution in [0.5, 0.6) is 5.75 Å². The van der Waals surface area contributed by atoms with Gasteiger partial charge in [-0.1, -0.05) is 0 Å². The van der Waals surface area contributed by atoms with Gasteiger partial charge >= 0.3 is 18.0 Å². The molecule has 1 fully saturated rings. The number of amides is 1. The van der Waals surface area contributed by atoms with Crippen molar-refractivity contribution < 1.29 is 28.6 Å². The molecule has 3 aromatic rings. The van der Waals surface area contributed by atoms with Crippen molar-refractivity contribution in [1.29, 1.82) is 5.26 Å². The normalized spacial score (nSPS) is 15.9. The third-order valence-corrected chi connectivity index (χ3v) is 8.50. The van der Waals surface area contributed by atoms with Crippen molar-refractivity contribution in [2.24, 2.45) is 5.92 Å². The number of hydrogen-bond acceptors (Lipinski definition) is 9. The molecule has 0 aliphatic carbocycles. The SMILES string of the molecule is CCOC(=O)C(Cc1cc2cc(C#N)ccc2s1)C(=O)Oc1ccc(S[C@H]2CCN(C(=O)OC(C)(C)C)C2)cc1. The summed E-state index contributed by atoms with van der Waals surface area (Å²) >= 11 is 3.12. The number of carbonyl (C=O) groups is 3. The lowest BCUT2D eigenvalue weighted by Crippen LogP contribution is -2.35. The second-order valence-corrected chi connectivity index (χ2v) is 13.0. The molecule has 2 heterocycles. The summed E-state index contributed by atoms with van der Waals surface area (Å²) in [4.78, 5) is 41.7. The molecule has 1 amide bonds. The number of thiophene rings is 1. The maximum Gasteiger partial charge on any atom is 0.410 e. The average Bonchev–Trinajstić information content (AvgIpc) is 3.53. The minimum absolute atomic E-state index is 0.142. The fourth-order valence-electron chi connectivity index (χ4n) is 4.26. The molecule has 210 valence electrons. The van der Waals surface area contributed by atoms with Gasteiger partial charge in [-0.25, -0.2) is 4.79 Å². The van der Waals surface area contributed by atoms with E-state index >= 15 is 0 Å². The Morgan fingerprint density at radius 2 is 1.88 bits per heavy atom. The number of ether oxygens (including phenoxy) is 3. The van der Waals surface area contributed by atoms with E-state index in [-0.39, 0.29) is 24.4 Å². The summed E-state index contributed by atoms with van der Waals surface area (Å²) in [5.74, 6) is -2.10. The van der Waals surface area contributed by atoms with E-state index in [0.29, 0.717) is 24.4 Å². The summed E-state index contributed by atoms with van der Waals surface area (Å²) in [5, 5.41) is 10.3. The highest BCUT2D eigenvalue weighted by molar-refractivity contribution is 8.00. The maximum absolute atomic E-state index is 13.1. The van der Waals surface area contributed by atoms with Gasteiger partial charge in [0.25, 0.3) is 0 Å². The number of esters is 2. The summed E-state index contributed by atoms with van der Waals surface area (Å²) in [5.41, 5.74) is 0.0232. The van der Waals surface area contributed by atoms with E-state index in [0.717, 1.165) is 26.3 Å². The fraction of sp³-hybridized carbons (Fsp3) is 0.400. The van der Waals surface area contributed by atoms with E-state index in [1.165, 1.54) is 11.3 Å². The van der Waals surface area contributed by atoms with E-state index in [4.69, 9.17) is 19.5 Å². The molecule has 2 aromatic carbocycles. The summed E-state index contributed by atoms with van der Waals surface area (Å²) < 4.78 is 17.2. The van der Waals surface area contributed by atoms with Crippen molar-refractivity contribution in [1.82, 2.24) is 4.90 Å². The summed E-state index contributed by atoms with van der Waals surface area (Å²) in [6.07, 6.45) is 0.705. The standard InChI is InChI=1S/C30H32N2O6S2/c1-5-36-27(33)25(16-24-15-20-14-19(17-31)6-11-26(20)40-24)28(34)37-21-7-9-22(10-8-21)39-23-12-13-32(18-23)29(35)38-30(2,3)4/h6-11,14-15,23,25H,5,12-13,16,18H2,1-4H3/t23-,25?/m0/s1. The van der Waals surface area contributed by atoms with E-state index in [9.17, 15) is 14.4 Å². The number of rotatable bonds is 8. The number of benzene rings is 2. The Morgan fingerprint density at radius 3 is 2.55 bits per heavy atom. The van der Waals surface area contributed by atoms with Crippen LogP contribution in [-0.4, -0.2) is 53.5 Å². The van der Waals surface area contributed by atoms with E-state index in [1.807, 2.05) is 45.0 Å². The Hall–Kier alpha value is -3.55. The number of hydrogen-bond donors (Lipinski definition) is 0. The average molecular weight is 581 g/mol. The predicted molar refractivity (Wildman–Crippen MR) is 155 cm³/mol. The molecule has 0 bridgehead atoms. The Morgan fingerprint density at radius 1 is 1.12 bits per heavy atom. The zero-order chi connectivity index (χ0) is 28.9. The first kappa shape index (κ1) is 29.4. The molecule has 1 aromatic heterocycles. The van der Waals surface area contributed by atoms with Gasteiger partial charge in [0.2, 0.25) is 0 Å². The molecule has 0 saturated carbocycles. The van der Waals surface area contributed by atoms with Crippen LogP contribution in [0.25, 0.3) is 10.1 Å². The first-order valence-corrected chi connectivity index (χ1v) is 14.8. The Labute approximate surface area is 242 Å². The van der Waals surface area contributed by atoms with E-state index in [1.54, 1.807) is 47.9 Å². The highest BCUT2D eigenvalue weighted by Crippen LogP contribution is 2.32. The van der Waals surface area contributed by atoms with Gasteiger partial charge in [0.05, 0.1) is 18.2 Å². The predicted octanol–water partition coefficient (Wildman–Crippen LogP) is 6.20. The number of nitriles is 1. The van der Waals surface area contributed by atoms with Gasteiger partial charge in [0.1, 0.15) is 11.4 Å². The molecule has 0 N–H and O–H groups in total. The van der Waals surface area contributed by atoms with Crippen molar-refractivity contribution in [3.8, 4) is 11.8 Å². The third-order valence-electron chi connectivity index (χ3n) is 6.10. The largest absolute Gasteiger partial charge is 0.465 e. The smallest absolute Gasteiger partial charge is 0.410 e. The monoisotopic (exact) mass is 580 g/mol. The maximum atomic E-state index is 13.1. The third kappa shape index (κ3) is 7.77. The second kappa shape index (κ2) is 12.7. The molecule has 10 heteroatoms. The number of nitrogens with zero attached hydrogens (tertiary/aromatic N) is 2. The number of fused-ring (bicyclic) bond motifs is 1. The van der Waals surface area contributed by atoms with Crippen LogP contribution in [0.4, 0.5) is 4.79 Å². The van der Waals surface area contributed by atoms with Gasteiger partial charge < -0.3 is 19.1 Å². The van der Waals surface area contributed by atoms with Gasteiger partial charge in [0, 0.05) is 39.2 Å². The minimum Gasteiger partial charge on any atom is -0.465 e. The lowest BCUT2D eigenvalue weighted by molar-refractivity contribution is -0.156. The molecule has 8 nitrogen and oxygen atoms in total. The summed E-state index contributed by atoms with van der Waals surface area (Å²) in [7, 11) is 0. The van der Waals surface area contributed by atoms with Crippen molar-refractivity contribution in [3.63, 3.8) is 0 Å². The zero-order valence-corrected chi connectivity index (χ0v) is 24.6. The minimum atomic E-state index is -1.12. The van der Waals surface area contributed by atoms with E-state index < -0.39 is 23.5 Å². The van der Waals surface area contributed by atoms with Crippen molar-refractivity contribution in [3.05, 3.63) is 59.0 Å². The molecule has 4 rings (SSSR count). The van der Waals surface area contributed by atoms with Crippen molar-refractivity contribution in [2.75, 3.05) is 19.7 Å². The Kier molecular flexibility index (Phi) is 9.38. The topological polar surface area (TPSA) is 106 Å². The second-order valence-electron chi connectivity index (χ2n) is 10.4. The van der Waals surface area contributed by atoms with Crippen LogP contribution in [0, 0.1) is 17.2 Å². The van der Waals surface area contributed by atoms with Crippen LogP contribution < -0.4 is 4.74 Å². The zero-order valence-electron chi connectivity index (χ0n) is 23.0. The molecule has 1 saturated heterocycles. The fourth-order valence-corrected chi connectivity index (χ4v) is 6.50. The van der Waals surface area contributed by atoms with Crippen LogP contribution in [-0.2, 0) is 25.5 Å². The Balaban J connectivity index is 1.37. The first-order valence-electron chi connectivity index (χ1n) is 13.1. The molecular formula is C30H32N2O6S2.